The van der Waals surface area contributed by atoms with E-state index < -0.39 is 0 Å². The smallest absolute Gasteiger partial charge is 0.142 e. The summed E-state index contributed by atoms with van der Waals surface area (Å²) in [5, 5.41) is 11.6. The number of H-pyrrole nitrogens is 1. The van der Waals surface area contributed by atoms with Crippen LogP contribution in [-0.4, -0.2) is 17.3 Å². The zero-order chi connectivity index (χ0) is 14.5. The molecular formula is C14H17Cl2N3O. The van der Waals surface area contributed by atoms with Crippen molar-refractivity contribution in [2.45, 2.75) is 26.4 Å². The topological polar surface area (TPSA) is 49.9 Å². The van der Waals surface area contributed by atoms with E-state index in [1.165, 1.54) is 0 Å². The fourth-order valence-corrected chi connectivity index (χ4v) is 2.60. The van der Waals surface area contributed by atoms with Gasteiger partial charge in [0.2, 0.25) is 0 Å². The van der Waals surface area contributed by atoms with Gasteiger partial charge in [-0.2, -0.15) is 5.10 Å². The minimum absolute atomic E-state index is 0.520. The van der Waals surface area contributed by atoms with Crippen molar-refractivity contribution >= 4 is 23.2 Å². The van der Waals surface area contributed by atoms with Crippen LogP contribution in [0, 0.1) is 0 Å². The van der Waals surface area contributed by atoms with Crippen molar-refractivity contribution in [3.63, 3.8) is 0 Å². The highest BCUT2D eigenvalue weighted by Crippen LogP contribution is 2.32. The molecule has 1 aromatic heterocycles. The van der Waals surface area contributed by atoms with Crippen molar-refractivity contribution in [2.24, 2.45) is 0 Å². The molecule has 4 nitrogen and oxygen atoms in total. The second-order valence-corrected chi connectivity index (χ2v) is 5.27. The second-order valence-electron chi connectivity index (χ2n) is 4.42. The Bertz CT molecular complexity index is 584. The van der Waals surface area contributed by atoms with Crippen molar-refractivity contribution < 1.29 is 4.74 Å². The predicted molar refractivity (Wildman–Crippen MR) is 81.5 cm³/mol. The van der Waals surface area contributed by atoms with E-state index in [2.05, 4.69) is 28.5 Å². The number of nitrogens with one attached hydrogen (secondary N) is 2. The van der Waals surface area contributed by atoms with Gasteiger partial charge < -0.3 is 10.1 Å². The SMILES string of the molecule is CCc1cc(CNCc2cc(Cl)cc(Cl)c2OC)[nH]n1. The third-order valence-electron chi connectivity index (χ3n) is 2.97. The summed E-state index contributed by atoms with van der Waals surface area (Å²) in [6.45, 7) is 3.39. The van der Waals surface area contributed by atoms with Crippen molar-refractivity contribution in [3.05, 3.63) is 45.2 Å². The van der Waals surface area contributed by atoms with Gasteiger partial charge in [-0.15, -0.1) is 0 Å². The molecule has 1 heterocycles. The van der Waals surface area contributed by atoms with Crippen molar-refractivity contribution in [1.82, 2.24) is 15.5 Å². The summed E-state index contributed by atoms with van der Waals surface area (Å²) in [7, 11) is 1.60. The molecule has 2 N–H and O–H groups in total. The van der Waals surface area contributed by atoms with Crippen LogP contribution in [0.25, 0.3) is 0 Å². The third kappa shape index (κ3) is 3.66. The lowest BCUT2D eigenvalue weighted by atomic mass is 10.2. The van der Waals surface area contributed by atoms with Crippen LogP contribution in [0.5, 0.6) is 5.75 Å². The molecule has 0 spiro atoms. The summed E-state index contributed by atoms with van der Waals surface area (Å²) < 4.78 is 5.30. The number of ether oxygens (including phenoxy) is 1. The molecule has 0 radical (unpaired) electrons. The monoisotopic (exact) mass is 313 g/mol. The van der Waals surface area contributed by atoms with E-state index in [0.717, 1.165) is 23.4 Å². The number of aromatic amines is 1. The number of hydrogen-bond acceptors (Lipinski definition) is 3. The van der Waals surface area contributed by atoms with Gasteiger partial charge in [-0.3, -0.25) is 5.10 Å². The molecule has 0 aliphatic rings. The number of hydrogen-bond donors (Lipinski definition) is 2. The lowest BCUT2D eigenvalue weighted by Crippen LogP contribution is -2.13. The fourth-order valence-electron chi connectivity index (χ4n) is 1.99. The molecule has 108 valence electrons. The normalized spacial score (nSPS) is 10.8. The summed E-state index contributed by atoms with van der Waals surface area (Å²) in [5.74, 6) is 0.655. The Kier molecular flexibility index (Phi) is 5.29. The molecule has 0 aliphatic carbocycles. The highest BCUT2D eigenvalue weighted by atomic mass is 35.5. The van der Waals surface area contributed by atoms with Gasteiger partial charge in [-0.25, -0.2) is 0 Å². The number of nitrogens with zero attached hydrogens (tertiary/aromatic N) is 1. The highest BCUT2D eigenvalue weighted by molar-refractivity contribution is 6.35. The van der Waals surface area contributed by atoms with Crippen molar-refractivity contribution in [2.75, 3.05) is 7.11 Å². The molecule has 2 rings (SSSR count). The number of benzene rings is 1. The first-order valence-electron chi connectivity index (χ1n) is 6.39. The van der Waals surface area contributed by atoms with Gasteiger partial charge in [-0.1, -0.05) is 30.1 Å². The Morgan fingerprint density at radius 1 is 1.25 bits per heavy atom. The molecule has 6 heteroatoms. The van der Waals surface area contributed by atoms with Crippen LogP contribution in [-0.2, 0) is 19.5 Å². The molecule has 0 bridgehead atoms. The Labute approximate surface area is 128 Å². The second kappa shape index (κ2) is 6.97. The van der Waals surface area contributed by atoms with E-state index in [1.54, 1.807) is 13.2 Å². The van der Waals surface area contributed by atoms with Gasteiger partial charge in [0.25, 0.3) is 0 Å². The standard InChI is InChI=1S/C14H17Cl2N3O/c1-3-11-6-12(19-18-11)8-17-7-9-4-10(15)5-13(16)14(9)20-2/h4-6,17H,3,7-8H2,1-2H3,(H,18,19). The first-order valence-corrected chi connectivity index (χ1v) is 7.15. The highest BCUT2D eigenvalue weighted by Gasteiger charge is 2.09. The number of methoxy groups -OCH3 is 1. The molecule has 20 heavy (non-hydrogen) atoms. The molecular weight excluding hydrogens is 297 g/mol. The molecule has 0 saturated heterocycles. The molecule has 0 saturated carbocycles. The Balaban J connectivity index is 2.00. The van der Waals surface area contributed by atoms with Crippen LogP contribution >= 0.6 is 23.2 Å². The number of aromatic nitrogens is 2. The van der Waals surface area contributed by atoms with E-state index in [0.29, 0.717) is 28.9 Å². The van der Waals surface area contributed by atoms with Crippen LogP contribution < -0.4 is 10.1 Å². The lowest BCUT2D eigenvalue weighted by molar-refractivity contribution is 0.408. The number of aryl methyl sites for hydroxylation is 1. The third-order valence-corrected chi connectivity index (χ3v) is 3.47. The minimum Gasteiger partial charge on any atom is -0.495 e. The summed E-state index contributed by atoms with van der Waals surface area (Å²) in [6, 6.07) is 5.58. The Hall–Kier alpha value is -1.23. The molecule has 0 atom stereocenters. The average molecular weight is 314 g/mol. The van der Waals surface area contributed by atoms with Gasteiger partial charge in [0.1, 0.15) is 5.75 Å². The van der Waals surface area contributed by atoms with Gasteiger partial charge in [0.05, 0.1) is 17.8 Å². The molecule has 0 unspecified atom stereocenters. The molecule has 2 aromatic rings. The summed E-state index contributed by atoms with van der Waals surface area (Å²) in [6.07, 6.45) is 0.925. The van der Waals surface area contributed by atoms with Crippen LogP contribution in [0.1, 0.15) is 23.9 Å². The van der Waals surface area contributed by atoms with Crippen molar-refractivity contribution in [1.29, 1.82) is 0 Å². The molecule has 1 aromatic carbocycles. The fraction of sp³-hybridized carbons (Fsp3) is 0.357. The molecule has 0 aliphatic heterocycles. The van der Waals surface area contributed by atoms with E-state index in [-0.39, 0.29) is 0 Å². The van der Waals surface area contributed by atoms with Gasteiger partial charge in [0, 0.05) is 29.4 Å². The summed E-state index contributed by atoms with van der Waals surface area (Å²) in [4.78, 5) is 0. The van der Waals surface area contributed by atoms with Crippen LogP contribution in [0.2, 0.25) is 10.0 Å². The molecule has 0 amide bonds. The summed E-state index contributed by atoms with van der Waals surface area (Å²) >= 11 is 12.1. The van der Waals surface area contributed by atoms with Crippen LogP contribution in [0.15, 0.2) is 18.2 Å². The summed E-state index contributed by atoms with van der Waals surface area (Å²) in [5.41, 5.74) is 3.04. The number of rotatable bonds is 6. The van der Waals surface area contributed by atoms with Crippen LogP contribution in [0.3, 0.4) is 0 Å². The Morgan fingerprint density at radius 2 is 2.05 bits per heavy atom. The zero-order valence-electron chi connectivity index (χ0n) is 11.5. The van der Waals surface area contributed by atoms with Crippen molar-refractivity contribution in [3.8, 4) is 5.75 Å². The number of halogens is 2. The largest absolute Gasteiger partial charge is 0.495 e. The van der Waals surface area contributed by atoms with Gasteiger partial charge >= 0.3 is 0 Å². The molecule has 0 fully saturated rings. The Morgan fingerprint density at radius 3 is 2.70 bits per heavy atom. The quantitative estimate of drug-likeness (QED) is 0.857. The maximum Gasteiger partial charge on any atom is 0.142 e. The lowest BCUT2D eigenvalue weighted by Gasteiger charge is -2.11. The zero-order valence-corrected chi connectivity index (χ0v) is 13.0. The first kappa shape index (κ1) is 15.2. The maximum atomic E-state index is 6.10. The van der Waals surface area contributed by atoms with E-state index in [9.17, 15) is 0 Å². The van der Waals surface area contributed by atoms with Gasteiger partial charge in [-0.05, 0) is 24.6 Å². The first-order chi connectivity index (χ1) is 9.63. The van der Waals surface area contributed by atoms with Crippen LogP contribution in [0.4, 0.5) is 0 Å². The minimum atomic E-state index is 0.520. The van der Waals surface area contributed by atoms with E-state index in [4.69, 9.17) is 27.9 Å². The van der Waals surface area contributed by atoms with Gasteiger partial charge in [0.15, 0.2) is 0 Å². The van der Waals surface area contributed by atoms with E-state index >= 15 is 0 Å². The maximum absolute atomic E-state index is 6.10. The predicted octanol–water partition coefficient (Wildman–Crippen LogP) is 3.58. The average Bonchev–Trinajstić information content (AvgIpc) is 2.86. The van der Waals surface area contributed by atoms with E-state index in [1.807, 2.05) is 6.07 Å².